The van der Waals surface area contributed by atoms with Crippen molar-refractivity contribution in [2.24, 2.45) is 5.41 Å². The van der Waals surface area contributed by atoms with Crippen LogP contribution in [0.3, 0.4) is 0 Å². The van der Waals surface area contributed by atoms with E-state index in [9.17, 15) is 0 Å². The van der Waals surface area contributed by atoms with Crippen LogP contribution in [0.4, 0.5) is 0 Å². The third-order valence-corrected chi connectivity index (χ3v) is 2.16. The second-order valence-electron chi connectivity index (χ2n) is 2.44. The summed E-state index contributed by atoms with van der Waals surface area (Å²) in [6.07, 6.45) is 0.738. The summed E-state index contributed by atoms with van der Waals surface area (Å²) in [5.74, 6) is 0. The van der Waals surface area contributed by atoms with E-state index in [0.29, 0.717) is 6.61 Å². The van der Waals surface area contributed by atoms with Crippen LogP contribution in [0.5, 0.6) is 0 Å². The molecule has 3 nitrogen and oxygen atoms in total. The predicted molar refractivity (Wildman–Crippen MR) is 38.6 cm³/mol. The molecule has 0 aromatic heterocycles. The van der Waals surface area contributed by atoms with Gasteiger partial charge in [0.15, 0.2) is 0 Å². The standard InChI is InChI=1S/C6H13O3.Sb/c1-2-6(3-7,4-8)5-9;/h7-8H,2-5H2,1H3;/q-1;+1. The van der Waals surface area contributed by atoms with E-state index in [1.807, 2.05) is 6.92 Å². The molecule has 0 heterocycles. The third-order valence-electron chi connectivity index (χ3n) is 1.79. The normalized spacial score (nSPS) is 12.0. The minimum absolute atomic E-state index is 0.0120. The van der Waals surface area contributed by atoms with E-state index < -0.39 is 5.41 Å². The zero-order chi connectivity index (χ0) is 8.04. The summed E-state index contributed by atoms with van der Waals surface area (Å²) in [4.78, 5) is 0. The average Bonchev–Trinajstić information content (AvgIpc) is 2.01. The molecule has 0 aliphatic carbocycles. The Bertz CT molecular complexity index is 74.8. The van der Waals surface area contributed by atoms with Crippen LogP contribution in [0.25, 0.3) is 0 Å². The van der Waals surface area contributed by atoms with E-state index in [-0.39, 0.29) is 13.2 Å². The van der Waals surface area contributed by atoms with Crippen molar-refractivity contribution in [1.82, 2.24) is 0 Å². The molecule has 0 amide bonds. The van der Waals surface area contributed by atoms with E-state index in [4.69, 9.17) is 13.2 Å². The molecule has 0 bridgehead atoms. The van der Waals surface area contributed by atoms with Gasteiger partial charge in [-0.1, -0.05) is 0 Å². The first kappa shape index (κ1) is 10.7. The summed E-state index contributed by atoms with van der Waals surface area (Å²) in [7, 11) is 0. The molecule has 0 aromatic rings. The summed E-state index contributed by atoms with van der Waals surface area (Å²) >= 11 is 1.24. The fourth-order valence-electron chi connectivity index (χ4n) is 0.604. The van der Waals surface area contributed by atoms with Crippen LogP contribution in [-0.4, -0.2) is 53.5 Å². The molecule has 60 valence electrons. The van der Waals surface area contributed by atoms with Crippen molar-refractivity contribution in [3.05, 3.63) is 0 Å². The number of hydrogen-bond acceptors (Lipinski definition) is 3. The molecule has 0 aromatic carbocycles. The Morgan fingerprint density at radius 3 is 2.00 bits per heavy atom. The quantitative estimate of drug-likeness (QED) is 0.649. The van der Waals surface area contributed by atoms with Gasteiger partial charge in [0, 0.05) is 0 Å². The predicted octanol–water partition coefficient (Wildman–Crippen LogP) is -0.533. The van der Waals surface area contributed by atoms with Crippen LogP contribution in [-0.2, 0) is 3.02 Å². The van der Waals surface area contributed by atoms with Crippen molar-refractivity contribution in [2.75, 3.05) is 19.8 Å². The van der Waals surface area contributed by atoms with E-state index >= 15 is 0 Å². The average molecular weight is 255 g/mol. The monoisotopic (exact) mass is 254 g/mol. The van der Waals surface area contributed by atoms with Gasteiger partial charge in [-0.3, -0.25) is 0 Å². The first-order chi connectivity index (χ1) is 4.74. The Morgan fingerprint density at radius 2 is 1.90 bits per heavy atom. The molecule has 0 aliphatic rings. The topological polar surface area (TPSA) is 49.7 Å². The zero-order valence-electron chi connectivity index (χ0n) is 6.08. The molecule has 0 rings (SSSR count). The second kappa shape index (κ2) is 5.36. The van der Waals surface area contributed by atoms with Gasteiger partial charge in [0.2, 0.25) is 0 Å². The first-order valence-corrected chi connectivity index (χ1v) is 4.27. The van der Waals surface area contributed by atoms with Crippen molar-refractivity contribution in [2.45, 2.75) is 13.3 Å². The van der Waals surface area contributed by atoms with Gasteiger partial charge < -0.3 is 0 Å². The number of aliphatic hydroxyl groups is 2. The number of hydrogen-bond donors (Lipinski definition) is 2. The van der Waals surface area contributed by atoms with Crippen LogP contribution in [0.1, 0.15) is 13.3 Å². The fourth-order valence-corrected chi connectivity index (χ4v) is 1.39. The van der Waals surface area contributed by atoms with Crippen molar-refractivity contribution in [3.8, 4) is 0 Å². The molecule has 2 radical (unpaired) electrons. The van der Waals surface area contributed by atoms with E-state index in [2.05, 4.69) is 0 Å². The van der Waals surface area contributed by atoms with Gasteiger partial charge in [0.05, 0.1) is 0 Å². The molecule has 2 N–H and O–H groups in total. The van der Waals surface area contributed by atoms with Crippen LogP contribution in [0.15, 0.2) is 0 Å². The van der Waals surface area contributed by atoms with Gasteiger partial charge >= 0.3 is 75.3 Å². The van der Waals surface area contributed by atoms with Gasteiger partial charge in [0.1, 0.15) is 0 Å². The Morgan fingerprint density at radius 1 is 1.40 bits per heavy atom. The maximum atomic E-state index is 8.87. The summed E-state index contributed by atoms with van der Waals surface area (Å²) in [6, 6.07) is 0. The van der Waals surface area contributed by atoms with Gasteiger partial charge in [-0.15, -0.1) is 0 Å². The minimum atomic E-state index is -0.423. The van der Waals surface area contributed by atoms with E-state index in [1.54, 1.807) is 0 Å². The van der Waals surface area contributed by atoms with Gasteiger partial charge in [-0.2, -0.15) is 0 Å². The van der Waals surface area contributed by atoms with E-state index in [1.165, 1.54) is 23.4 Å². The molecule has 0 atom stereocenters. The summed E-state index contributed by atoms with van der Waals surface area (Å²) in [5.41, 5.74) is -0.423. The third kappa shape index (κ3) is 2.75. The van der Waals surface area contributed by atoms with Crippen LogP contribution in [0.2, 0.25) is 0 Å². The van der Waals surface area contributed by atoms with Gasteiger partial charge in [0.25, 0.3) is 0 Å². The molecule has 10 heavy (non-hydrogen) atoms. The van der Waals surface area contributed by atoms with Crippen LogP contribution < -0.4 is 0 Å². The number of rotatable bonds is 5. The Hall–Kier alpha value is 0.698. The summed E-state index contributed by atoms with van der Waals surface area (Å²) in [5, 5.41) is 17.7. The van der Waals surface area contributed by atoms with Crippen molar-refractivity contribution < 1.29 is 13.2 Å². The van der Waals surface area contributed by atoms with Crippen LogP contribution in [0, 0.1) is 5.41 Å². The Labute approximate surface area is 75.4 Å². The molecule has 0 saturated carbocycles. The molecule has 4 heteroatoms. The molecule has 0 spiro atoms. The van der Waals surface area contributed by atoms with Crippen LogP contribution >= 0.6 is 0 Å². The molecular weight excluding hydrogens is 242 g/mol. The zero-order valence-corrected chi connectivity index (χ0v) is 8.63. The Kier molecular flexibility index (Phi) is 5.74. The molecule has 0 aliphatic heterocycles. The molecule has 0 saturated heterocycles. The van der Waals surface area contributed by atoms with Crippen molar-refractivity contribution >= 4 is 23.4 Å². The number of aliphatic hydroxyl groups excluding tert-OH is 2. The summed E-state index contributed by atoms with van der Waals surface area (Å²) in [6.45, 7) is 2.34. The SMILES string of the molecule is CCC(CO)(CO)C[O][Sb]. The molecule has 0 fully saturated rings. The molecular formula is C6H13O3Sb. The fraction of sp³-hybridized carbons (Fsp3) is 1.00. The second-order valence-corrected chi connectivity index (χ2v) is 3.18. The maximum absolute atomic E-state index is 8.87. The molecule has 0 unspecified atom stereocenters. The summed E-state index contributed by atoms with van der Waals surface area (Å²) < 4.78 is 4.91. The van der Waals surface area contributed by atoms with Crippen molar-refractivity contribution in [3.63, 3.8) is 0 Å². The van der Waals surface area contributed by atoms with E-state index in [0.717, 1.165) is 6.42 Å². The van der Waals surface area contributed by atoms with Gasteiger partial charge in [-0.25, -0.2) is 0 Å². The van der Waals surface area contributed by atoms with Crippen molar-refractivity contribution in [1.29, 1.82) is 0 Å². The van der Waals surface area contributed by atoms with Gasteiger partial charge in [-0.05, 0) is 0 Å². The Balaban J connectivity index is 3.87. The first-order valence-electron chi connectivity index (χ1n) is 3.23.